The van der Waals surface area contributed by atoms with Crippen molar-refractivity contribution in [1.29, 1.82) is 0 Å². The van der Waals surface area contributed by atoms with Crippen LogP contribution in [0.25, 0.3) is 0 Å². The quantitative estimate of drug-likeness (QED) is 0.691. The standard InChI is InChI=1S/C19H15F4N3O2/c1-10-15(16(26-18(28)24-10)11-6-8-12(20)9-7-11)17(27)25-14-5-3-2-4-13(14)19(21,22)23/h2-9,15-16H,1H2,(H,25,27)(H2,24,26,28)/t15-,16+/m1/s1. The second-order valence-corrected chi connectivity index (χ2v) is 6.16. The monoisotopic (exact) mass is 393 g/mol. The van der Waals surface area contributed by atoms with Gasteiger partial charge >= 0.3 is 12.2 Å². The minimum absolute atomic E-state index is 0.0139. The molecule has 9 heteroatoms. The number of hydrogen-bond acceptors (Lipinski definition) is 2. The minimum atomic E-state index is -4.66. The van der Waals surface area contributed by atoms with Crippen molar-refractivity contribution in [2.45, 2.75) is 12.2 Å². The Morgan fingerprint density at radius 3 is 2.36 bits per heavy atom. The van der Waals surface area contributed by atoms with Crippen LogP contribution in [0, 0.1) is 11.7 Å². The highest BCUT2D eigenvalue weighted by Crippen LogP contribution is 2.36. The lowest BCUT2D eigenvalue weighted by Gasteiger charge is -2.34. The summed E-state index contributed by atoms with van der Waals surface area (Å²) in [7, 11) is 0. The van der Waals surface area contributed by atoms with Gasteiger partial charge < -0.3 is 16.0 Å². The largest absolute Gasteiger partial charge is 0.418 e. The predicted molar refractivity (Wildman–Crippen MR) is 93.5 cm³/mol. The van der Waals surface area contributed by atoms with Crippen LogP contribution in [0.5, 0.6) is 0 Å². The van der Waals surface area contributed by atoms with Crippen molar-refractivity contribution in [2.24, 2.45) is 5.92 Å². The van der Waals surface area contributed by atoms with Crippen molar-refractivity contribution in [2.75, 3.05) is 5.32 Å². The van der Waals surface area contributed by atoms with Gasteiger partial charge in [0.05, 0.1) is 17.3 Å². The van der Waals surface area contributed by atoms with E-state index in [4.69, 9.17) is 0 Å². The van der Waals surface area contributed by atoms with Crippen LogP contribution < -0.4 is 16.0 Å². The molecule has 0 saturated carbocycles. The Balaban J connectivity index is 1.93. The normalized spacial score (nSPS) is 19.6. The summed E-state index contributed by atoms with van der Waals surface area (Å²) in [4.78, 5) is 24.6. The van der Waals surface area contributed by atoms with Crippen molar-refractivity contribution in [3.63, 3.8) is 0 Å². The highest BCUT2D eigenvalue weighted by molar-refractivity contribution is 5.97. The maximum Gasteiger partial charge on any atom is 0.418 e. The molecule has 0 aliphatic carbocycles. The molecule has 2 aromatic rings. The lowest BCUT2D eigenvalue weighted by molar-refractivity contribution is -0.137. The number of halogens is 4. The Bertz CT molecular complexity index is 926. The van der Waals surface area contributed by atoms with E-state index < -0.39 is 47.1 Å². The molecule has 0 spiro atoms. The number of rotatable bonds is 3. The summed E-state index contributed by atoms with van der Waals surface area (Å²) >= 11 is 0. The van der Waals surface area contributed by atoms with E-state index in [0.29, 0.717) is 5.56 Å². The molecule has 3 amide bonds. The molecule has 3 rings (SSSR count). The number of urea groups is 1. The molecule has 1 heterocycles. The Labute approximate surface area is 157 Å². The van der Waals surface area contributed by atoms with Gasteiger partial charge in [-0.15, -0.1) is 0 Å². The summed E-state index contributed by atoms with van der Waals surface area (Å²) in [5, 5.41) is 7.14. The molecule has 28 heavy (non-hydrogen) atoms. The summed E-state index contributed by atoms with van der Waals surface area (Å²) in [5.41, 5.74) is -0.996. The highest BCUT2D eigenvalue weighted by atomic mass is 19.4. The molecule has 146 valence electrons. The topological polar surface area (TPSA) is 70.2 Å². The van der Waals surface area contributed by atoms with E-state index >= 15 is 0 Å². The smallest absolute Gasteiger partial charge is 0.330 e. The lowest BCUT2D eigenvalue weighted by Crippen LogP contribution is -2.51. The Hall–Kier alpha value is -3.36. The summed E-state index contributed by atoms with van der Waals surface area (Å²) in [6, 6.07) is 8.05. The van der Waals surface area contributed by atoms with Crippen LogP contribution >= 0.6 is 0 Å². The van der Waals surface area contributed by atoms with Crippen LogP contribution in [-0.4, -0.2) is 11.9 Å². The van der Waals surface area contributed by atoms with Gasteiger partial charge in [-0.2, -0.15) is 13.2 Å². The number of carbonyl (C=O) groups excluding carboxylic acids is 2. The van der Waals surface area contributed by atoms with Gasteiger partial charge in [-0.1, -0.05) is 30.8 Å². The Morgan fingerprint density at radius 1 is 1.07 bits per heavy atom. The molecule has 2 aromatic carbocycles. The number of hydrogen-bond donors (Lipinski definition) is 3. The third kappa shape index (κ3) is 3.98. The van der Waals surface area contributed by atoms with Gasteiger partial charge in [0, 0.05) is 5.70 Å². The van der Waals surface area contributed by atoms with E-state index in [1.807, 2.05) is 0 Å². The van der Waals surface area contributed by atoms with Gasteiger partial charge in [0.2, 0.25) is 5.91 Å². The van der Waals surface area contributed by atoms with E-state index in [9.17, 15) is 27.2 Å². The van der Waals surface area contributed by atoms with E-state index in [0.717, 1.165) is 24.3 Å². The maximum absolute atomic E-state index is 13.2. The van der Waals surface area contributed by atoms with Crippen LogP contribution in [0.15, 0.2) is 60.8 Å². The zero-order valence-electron chi connectivity index (χ0n) is 14.3. The first-order valence-electron chi connectivity index (χ1n) is 8.15. The molecule has 0 unspecified atom stereocenters. The molecule has 0 bridgehead atoms. The molecule has 1 saturated heterocycles. The summed E-state index contributed by atoms with van der Waals surface area (Å²) in [6.07, 6.45) is -4.66. The van der Waals surface area contributed by atoms with E-state index in [-0.39, 0.29) is 5.70 Å². The fourth-order valence-electron chi connectivity index (χ4n) is 2.99. The fraction of sp³-hybridized carbons (Fsp3) is 0.158. The number of benzene rings is 2. The number of alkyl halides is 3. The SMILES string of the molecule is C=C1NC(=O)N[C@@H](c2ccc(F)cc2)[C@@H]1C(=O)Nc1ccccc1C(F)(F)F. The maximum atomic E-state index is 13.2. The minimum Gasteiger partial charge on any atom is -0.330 e. The van der Waals surface area contributed by atoms with Crippen LogP contribution in [0.1, 0.15) is 17.2 Å². The Kier molecular flexibility index (Phi) is 5.08. The number of nitrogens with one attached hydrogen (secondary N) is 3. The molecule has 1 aliphatic heterocycles. The summed E-state index contributed by atoms with van der Waals surface area (Å²) in [6.45, 7) is 3.64. The van der Waals surface area contributed by atoms with Crippen LogP contribution in [0.2, 0.25) is 0 Å². The molecule has 1 fully saturated rings. The molecule has 1 aliphatic rings. The van der Waals surface area contributed by atoms with Crippen LogP contribution in [0.4, 0.5) is 28.0 Å². The van der Waals surface area contributed by atoms with Crippen molar-refractivity contribution < 1.29 is 27.2 Å². The predicted octanol–water partition coefficient (Wildman–Crippen LogP) is 3.97. The first-order valence-corrected chi connectivity index (χ1v) is 8.15. The molecule has 5 nitrogen and oxygen atoms in total. The molecular formula is C19H15F4N3O2. The molecule has 3 N–H and O–H groups in total. The first kappa shape index (κ1) is 19.4. The van der Waals surface area contributed by atoms with E-state index in [1.165, 1.54) is 24.3 Å². The number of anilines is 1. The molecule has 0 radical (unpaired) electrons. The summed E-state index contributed by atoms with van der Waals surface area (Å²) in [5.74, 6) is -2.43. The lowest BCUT2D eigenvalue weighted by atomic mass is 9.88. The Morgan fingerprint density at radius 2 is 1.71 bits per heavy atom. The molecular weight excluding hydrogens is 378 g/mol. The molecule has 2 atom stereocenters. The van der Waals surface area contributed by atoms with Gasteiger partial charge in [0.15, 0.2) is 0 Å². The number of amides is 3. The average Bonchev–Trinajstić information content (AvgIpc) is 2.61. The van der Waals surface area contributed by atoms with E-state index in [2.05, 4.69) is 22.5 Å². The first-order chi connectivity index (χ1) is 13.2. The number of carbonyl (C=O) groups is 2. The van der Waals surface area contributed by atoms with Gasteiger partial charge in [-0.3, -0.25) is 4.79 Å². The fourth-order valence-corrected chi connectivity index (χ4v) is 2.99. The molecule has 0 aromatic heterocycles. The third-order valence-electron chi connectivity index (χ3n) is 4.27. The van der Waals surface area contributed by atoms with Crippen molar-refractivity contribution in [3.8, 4) is 0 Å². The van der Waals surface area contributed by atoms with Gasteiger partial charge in [-0.25, -0.2) is 9.18 Å². The van der Waals surface area contributed by atoms with Gasteiger partial charge in [-0.05, 0) is 29.8 Å². The highest BCUT2D eigenvalue weighted by Gasteiger charge is 2.39. The van der Waals surface area contributed by atoms with Gasteiger partial charge in [0.25, 0.3) is 0 Å². The zero-order valence-corrected chi connectivity index (χ0v) is 14.3. The average molecular weight is 393 g/mol. The number of para-hydroxylation sites is 1. The van der Waals surface area contributed by atoms with Crippen molar-refractivity contribution in [3.05, 3.63) is 77.8 Å². The second-order valence-electron chi connectivity index (χ2n) is 6.16. The van der Waals surface area contributed by atoms with Crippen molar-refractivity contribution in [1.82, 2.24) is 10.6 Å². The third-order valence-corrected chi connectivity index (χ3v) is 4.27. The zero-order chi connectivity index (χ0) is 20.5. The van der Waals surface area contributed by atoms with Crippen molar-refractivity contribution >= 4 is 17.6 Å². The summed E-state index contributed by atoms with van der Waals surface area (Å²) < 4.78 is 52.7. The second kappa shape index (κ2) is 7.34. The van der Waals surface area contributed by atoms with Gasteiger partial charge in [0.1, 0.15) is 11.7 Å². The van der Waals surface area contributed by atoms with E-state index in [1.54, 1.807) is 0 Å². The van der Waals surface area contributed by atoms with Crippen LogP contribution in [0.3, 0.4) is 0 Å². The van der Waals surface area contributed by atoms with Crippen LogP contribution in [-0.2, 0) is 11.0 Å².